The lowest BCUT2D eigenvalue weighted by molar-refractivity contribution is 0.298. The maximum absolute atomic E-state index is 13.8. The predicted octanol–water partition coefficient (Wildman–Crippen LogP) is 6.90. The van der Waals surface area contributed by atoms with Crippen molar-refractivity contribution in [3.8, 4) is 11.8 Å². The molecule has 0 aliphatic carbocycles. The predicted molar refractivity (Wildman–Crippen MR) is 119 cm³/mol. The molecule has 0 aliphatic rings. The molecule has 1 N–H and O–H groups in total. The van der Waals surface area contributed by atoms with E-state index in [0.29, 0.717) is 43.2 Å². The van der Waals surface area contributed by atoms with Gasteiger partial charge in [0.2, 0.25) is 0 Å². The molecule has 154 valence electrons. The molecular formula is C23H13BrClF2N3O. The molecule has 0 saturated heterocycles. The van der Waals surface area contributed by atoms with Crippen LogP contribution in [0.3, 0.4) is 0 Å². The fourth-order valence-corrected chi connectivity index (χ4v) is 3.98. The molecule has 4 nitrogen and oxygen atoms in total. The molecule has 1 heterocycles. The number of nitrogens with one attached hydrogen (secondary N) is 1. The number of allylic oxidation sites excluding steroid dienone is 1. The number of hydrogen-bond donors (Lipinski definition) is 1. The normalized spacial score (nSPS) is 11.5. The summed E-state index contributed by atoms with van der Waals surface area (Å²) in [5.41, 5.74) is 2.32. The van der Waals surface area contributed by atoms with E-state index in [-0.39, 0.29) is 18.0 Å². The van der Waals surface area contributed by atoms with Crippen LogP contribution in [-0.4, -0.2) is 9.97 Å². The maximum Gasteiger partial charge on any atom is 0.152 e. The van der Waals surface area contributed by atoms with E-state index in [2.05, 4.69) is 32.0 Å². The first-order valence-corrected chi connectivity index (χ1v) is 10.2. The zero-order valence-electron chi connectivity index (χ0n) is 15.8. The van der Waals surface area contributed by atoms with Gasteiger partial charge in [-0.25, -0.2) is 13.8 Å². The minimum absolute atomic E-state index is 0.0131. The summed E-state index contributed by atoms with van der Waals surface area (Å²) in [4.78, 5) is 7.28. The number of ether oxygens (including phenoxy) is 1. The van der Waals surface area contributed by atoms with Crippen LogP contribution < -0.4 is 4.74 Å². The number of aromatic amines is 1. The van der Waals surface area contributed by atoms with E-state index >= 15 is 0 Å². The highest BCUT2D eigenvalue weighted by Crippen LogP contribution is 2.36. The summed E-state index contributed by atoms with van der Waals surface area (Å²) in [6, 6.07) is 15.9. The summed E-state index contributed by atoms with van der Waals surface area (Å²) in [6.45, 7) is 0.0131. The molecule has 0 fully saturated rings. The van der Waals surface area contributed by atoms with Gasteiger partial charge in [-0.05, 0) is 64.0 Å². The SMILES string of the molecule is N#C/C(=C/c1cc(Cl)c(OCc2ccccc2F)c(Br)c1)c1nc2ccc(F)cc2[nH]1. The van der Waals surface area contributed by atoms with E-state index in [1.54, 1.807) is 36.4 Å². The minimum Gasteiger partial charge on any atom is -0.486 e. The smallest absolute Gasteiger partial charge is 0.152 e. The second-order valence-electron chi connectivity index (χ2n) is 6.61. The second-order valence-corrected chi connectivity index (χ2v) is 7.87. The van der Waals surface area contributed by atoms with E-state index in [1.807, 2.05) is 0 Å². The van der Waals surface area contributed by atoms with Crippen LogP contribution >= 0.6 is 27.5 Å². The lowest BCUT2D eigenvalue weighted by Crippen LogP contribution is -1.99. The van der Waals surface area contributed by atoms with Crippen molar-refractivity contribution >= 4 is 50.2 Å². The summed E-state index contributed by atoms with van der Waals surface area (Å²) >= 11 is 9.78. The standard InChI is InChI=1S/C23H13BrClF2N3O/c24-17-8-13(9-18(25)22(17)31-12-14-3-1-2-4-19(14)27)7-15(11-28)23-29-20-6-5-16(26)10-21(20)30-23/h1-10H,12H2,(H,29,30)/b15-7-. The Bertz CT molecular complexity index is 1340. The summed E-state index contributed by atoms with van der Waals surface area (Å²) in [5.74, 6) is -0.0828. The second kappa shape index (κ2) is 8.88. The molecule has 31 heavy (non-hydrogen) atoms. The third kappa shape index (κ3) is 4.61. The molecule has 4 rings (SSSR count). The van der Waals surface area contributed by atoms with Crippen molar-refractivity contribution in [1.82, 2.24) is 9.97 Å². The topological polar surface area (TPSA) is 61.7 Å². The zero-order valence-corrected chi connectivity index (χ0v) is 18.1. The van der Waals surface area contributed by atoms with Crippen LogP contribution in [0.1, 0.15) is 17.0 Å². The van der Waals surface area contributed by atoms with Crippen LogP contribution in [0, 0.1) is 23.0 Å². The molecule has 4 aromatic rings. The Balaban J connectivity index is 1.62. The highest BCUT2D eigenvalue weighted by atomic mass is 79.9. The summed E-state index contributed by atoms with van der Waals surface area (Å²) in [6.07, 6.45) is 1.60. The van der Waals surface area contributed by atoms with E-state index < -0.39 is 5.82 Å². The number of nitriles is 1. The number of nitrogens with zero attached hydrogens (tertiary/aromatic N) is 2. The molecule has 0 saturated carbocycles. The van der Waals surface area contributed by atoms with E-state index in [0.717, 1.165) is 0 Å². The van der Waals surface area contributed by atoms with Gasteiger partial charge in [-0.3, -0.25) is 0 Å². The highest BCUT2D eigenvalue weighted by Gasteiger charge is 2.13. The molecular weight excluding hydrogens is 488 g/mol. The fourth-order valence-electron chi connectivity index (χ4n) is 3.00. The van der Waals surface area contributed by atoms with Gasteiger partial charge in [0.05, 0.1) is 26.1 Å². The first-order valence-electron chi connectivity index (χ1n) is 9.07. The van der Waals surface area contributed by atoms with Crippen molar-refractivity contribution in [2.45, 2.75) is 6.61 Å². The quantitative estimate of drug-likeness (QED) is 0.303. The van der Waals surface area contributed by atoms with Crippen molar-refractivity contribution in [1.29, 1.82) is 5.26 Å². The maximum atomic E-state index is 13.8. The molecule has 0 atom stereocenters. The molecule has 8 heteroatoms. The van der Waals surface area contributed by atoms with Crippen LogP contribution in [0.2, 0.25) is 5.02 Å². The van der Waals surface area contributed by atoms with Crippen molar-refractivity contribution in [2.24, 2.45) is 0 Å². The van der Waals surface area contributed by atoms with E-state index in [4.69, 9.17) is 16.3 Å². The van der Waals surface area contributed by atoms with Gasteiger partial charge in [0.15, 0.2) is 5.75 Å². The van der Waals surface area contributed by atoms with Gasteiger partial charge in [-0.15, -0.1) is 0 Å². The van der Waals surface area contributed by atoms with Crippen LogP contribution in [-0.2, 0) is 6.61 Å². The van der Waals surface area contributed by atoms with Crippen LogP contribution in [0.15, 0.2) is 59.1 Å². The van der Waals surface area contributed by atoms with Gasteiger partial charge in [-0.2, -0.15) is 5.26 Å². The van der Waals surface area contributed by atoms with Gasteiger partial charge in [0, 0.05) is 5.56 Å². The summed E-state index contributed by atoms with van der Waals surface area (Å²) < 4.78 is 33.5. The minimum atomic E-state index is -0.396. The largest absolute Gasteiger partial charge is 0.486 e. The van der Waals surface area contributed by atoms with E-state index in [1.165, 1.54) is 24.3 Å². The molecule has 0 bridgehead atoms. The molecule has 0 radical (unpaired) electrons. The monoisotopic (exact) mass is 499 g/mol. The lowest BCUT2D eigenvalue weighted by atomic mass is 10.1. The highest BCUT2D eigenvalue weighted by molar-refractivity contribution is 9.10. The van der Waals surface area contributed by atoms with Crippen molar-refractivity contribution in [3.63, 3.8) is 0 Å². The number of benzene rings is 3. The first-order chi connectivity index (χ1) is 14.9. The van der Waals surface area contributed by atoms with Gasteiger partial charge in [0.1, 0.15) is 30.1 Å². The number of imidazole rings is 1. The molecule has 0 amide bonds. The molecule has 0 aliphatic heterocycles. The number of hydrogen-bond acceptors (Lipinski definition) is 3. The van der Waals surface area contributed by atoms with Gasteiger partial charge < -0.3 is 9.72 Å². The Hall–Kier alpha value is -3.21. The Labute approximate surface area is 189 Å². The number of H-pyrrole nitrogens is 1. The summed E-state index contributed by atoms with van der Waals surface area (Å²) in [7, 11) is 0. The Morgan fingerprint density at radius 2 is 2.00 bits per heavy atom. The summed E-state index contributed by atoms with van der Waals surface area (Å²) in [5, 5.41) is 9.89. The third-order valence-electron chi connectivity index (χ3n) is 4.48. The third-order valence-corrected chi connectivity index (χ3v) is 5.35. The van der Waals surface area contributed by atoms with Gasteiger partial charge >= 0.3 is 0 Å². The lowest BCUT2D eigenvalue weighted by Gasteiger charge is -2.12. The Morgan fingerprint density at radius 3 is 2.74 bits per heavy atom. The van der Waals surface area contributed by atoms with E-state index in [9.17, 15) is 14.0 Å². The van der Waals surface area contributed by atoms with Crippen molar-refractivity contribution in [2.75, 3.05) is 0 Å². The number of halogens is 4. The Morgan fingerprint density at radius 1 is 1.19 bits per heavy atom. The van der Waals surface area contributed by atoms with Crippen molar-refractivity contribution in [3.05, 3.63) is 92.7 Å². The van der Waals surface area contributed by atoms with Crippen LogP contribution in [0.4, 0.5) is 8.78 Å². The molecule has 3 aromatic carbocycles. The van der Waals surface area contributed by atoms with Crippen LogP contribution in [0.5, 0.6) is 5.75 Å². The molecule has 1 aromatic heterocycles. The molecule has 0 spiro atoms. The average molecular weight is 501 g/mol. The number of fused-ring (bicyclic) bond motifs is 1. The Kier molecular flexibility index (Phi) is 6.03. The fraction of sp³-hybridized carbons (Fsp3) is 0.0435. The molecule has 0 unspecified atom stereocenters. The zero-order chi connectivity index (χ0) is 22.0. The van der Waals surface area contributed by atoms with Gasteiger partial charge in [-0.1, -0.05) is 29.8 Å². The number of rotatable bonds is 5. The van der Waals surface area contributed by atoms with Crippen molar-refractivity contribution < 1.29 is 13.5 Å². The number of aromatic nitrogens is 2. The average Bonchev–Trinajstić information content (AvgIpc) is 3.15. The first kappa shape index (κ1) is 21.0. The van der Waals surface area contributed by atoms with Crippen LogP contribution in [0.25, 0.3) is 22.7 Å². The van der Waals surface area contributed by atoms with Gasteiger partial charge in [0.25, 0.3) is 0 Å².